The highest BCUT2D eigenvalue weighted by Crippen LogP contribution is 2.45. The zero-order chi connectivity index (χ0) is 78.9. The number of carbonyl (C=O) groups excluding carboxylic acids is 4. The van der Waals surface area contributed by atoms with Gasteiger partial charge in [0.2, 0.25) is 0 Å². The molecule has 0 radical (unpaired) electrons. The topological polar surface area (TPSA) is 237 Å². The minimum absolute atomic E-state index is 0.0384. The summed E-state index contributed by atoms with van der Waals surface area (Å²) in [7, 11) is -10.0. The summed E-state index contributed by atoms with van der Waals surface area (Å²) in [6.07, 6.45) is 97.0. The second-order valence-electron chi connectivity index (χ2n) is 26.2. The maximum Gasteiger partial charge on any atom is 0.472 e. The number of phosphoric acid groups is 2. The summed E-state index contributed by atoms with van der Waals surface area (Å²) in [6, 6.07) is 0. The minimum Gasteiger partial charge on any atom is -0.462 e. The first-order chi connectivity index (χ1) is 52.7. The highest BCUT2D eigenvalue weighted by molar-refractivity contribution is 7.47. The molecule has 0 aliphatic heterocycles. The number of rotatable bonds is 74. The first-order valence-electron chi connectivity index (χ1n) is 40.7. The molecule has 0 fully saturated rings. The van der Waals surface area contributed by atoms with Gasteiger partial charge >= 0.3 is 39.5 Å². The molecule has 19 heteroatoms. The van der Waals surface area contributed by atoms with Gasteiger partial charge in [-0.3, -0.25) is 37.3 Å². The van der Waals surface area contributed by atoms with Gasteiger partial charge in [0, 0.05) is 25.7 Å². The summed E-state index contributed by atoms with van der Waals surface area (Å²) in [5.41, 5.74) is 0. The van der Waals surface area contributed by atoms with E-state index in [9.17, 15) is 43.2 Å². The van der Waals surface area contributed by atoms with E-state index in [2.05, 4.69) is 210 Å². The number of unbranched alkanes of at least 4 members (excludes halogenated alkanes) is 16. The van der Waals surface area contributed by atoms with Crippen molar-refractivity contribution in [3.8, 4) is 0 Å². The number of hydrogen-bond acceptors (Lipinski definition) is 15. The molecule has 0 aromatic carbocycles. The fraction of sp³-hybridized carbons (Fsp3) is 0.596. The van der Waals surface area contributed by atoms with Gasteiger partial charge in [-0.25, -0.2) is 9.13 Å². The fourth-order valence-corrected chi connectivity index (χ4v) is 11.5. The smallest absolute Gasteiger partial charge is 0.462 e. The summed E-state index contributed by atoms with van der Waals surface area (Å²) in [5.74, 6) is -2.34. The van der Waals surface area contributed by atoms with Gasteiger partial charge in [-0.2, -0.15) is 0 Å². The second-order valence-corrected chi connectivity index (χ2v) is 29.1. The first kappa shape index (κ1) is 102. The molecule has 0 saturated heterocycles. The van der Waals surface area contributed by atoms with Crippen LogP contribution in [0.1, 0.15) is 285 Å². The third kappa shape index (κ3) is 78.0. The van der Waals surface area contributed by atoms with E-state index in [1.54, 1.807) is 0 Å². The molecule has 5 unspecified atom stereocenters. The lowest BCUT2D eigenvalue weighted by Crippen LogP contribution is -2.30. The molecule has 3 N–H and O–H groups in total. The van der Waals surface area contributed by atoms with Gasteiger partial charge in [0.05, 0.1) is 26.4 Å². The van der Waals surface area contributed by atoms with E-state index in [0.717, 1.165) is 173 Å². The zero-order valence-electron chi connectivity index (χ0n) is 66.7. The Morgan fingerprint density at radius 2 is 0.491 bits per heavy atom. The van der Waals surface area contributed by atoms with Crippen LogP contribution in [0.2, 0.25) is 0 Å². The van der Waals surface area contributed by atoms with Crippen LogP contribution in [0.15, 0.2) is 194 Å². The lowest BCUT2D eigenvalue weighted by molar-refractivity contribution is -0.161. The Morgan fingerprint density at radius 3 is 0.796 bits per heavy atom. The van der Waals surface area contributed by atoms with Crippen molar-refractivity contribution in [3.05, 3.63) is 194 Å². The summed E-state index contributed by atoms with van der Waals surface area (Å²) in [6.45, 7) is 4.34. The predicted molar refractivity (Wildman–Crippen MR) is 445 cm³/mol. The lowest BCUT2D eigenvalue weighted by Gasteiger charge is -2.21. The van der Waals surface area contributed by atoms with Crippen molar-refractivity contribution in [1.82, 2.24) is 0 Å². The molecule has 0 heterocycles. The van der Waals surface area contributed by atoms with Crippen LogP contribution in [0.4, 0.5) is 0 Å². The molecule has 0 spiro atoms. The lowest BCUT2D eigenvalue weighted by atomic mass is 10.1. The molecule has 0 aliphatic carbocycles. The largest absolute Gasteiger partial charge is 0.472 e. The third-order valence-electron chi connectivity index (χ3n) is 16.0. The Bertz CT molecular complexity index is 2810. The molecule has 0 bridgehead atoms. The molecule has 0 aromatic rings. The molecule has 0 aliphatic rings. The summed E-state index contributed by atoms with van der Waals surface area (Å²) < 4.78 is 68.6. The average molecular weight is 1550 g/mol. The highest BCUT2D eigenvalue weighted by Gasteiger charge is 2.30. The Balaban J connectivity index is 5.51. The number of esters is 4. The second kappa shape index (κ2) is 79.0. The highest BCUT2D eigenvalue weighted by atomic mass is 31.2. The molecule has 0 amide bonds. The van der Waals surface area contributed by atoms with Gasteiger partial charge in [0.15, 0.2) is 12.2 Å². The van der Waals surface area contributed by atoms with Gasteiger partial charge in [-0.05, 0) is 180 Å². The van der Waals surface area contributed by atoms with Gasteiger partial charge < -0.3 is 33.8 Å². The van der Waals surface area contributed by atoms with Crippen molar-refractivity contribution in [2.24, 2.45) is 0 Å². The first-order valence-corrected chi connectivity index (χ1v) is 43.7. The monoisotopic (exact) mass is 1540 g/mol. The number of phosphoric ester groups is 2. The predicted octanol–water partition coefficient (Wildman–Crippen LogP) is 24.1. The van der Waals surface area contributed by atoms with E-state index >= 15 is 0 Å². The SMILES string of the molecule is CC/C=C\C/C=C\C/C=C\C/C=C\C/C=C\CCCCCC(=O)OCC(COP(=O)(O)OCC(O)COP(=O)(O)OCC(COC(=O)CCC/C=C\C/C=C\C/C=C\C/C=C\C/C=C\CC)OC(=O)CCCCCCC/C=C\CCCCCC)OC(=O)CCCCC/C=C\C/C=C\C/C=C\C/C=C\C/C=C\CC. The van der Waals surface area contributed by atoms with Gasteiger partial charge in [0.25, 0.3) is 0 Å². The fourth-order valence-electron chi connectivity index (χ4n) is 9.95. The summed E-state index contributed by atoms with van der Waals surface area (Å²) in [5, 5.41) is 10.7. The molecule has 108 heavy (non-hydrogen) atoms. The van der Waals surface area contributed by atoms with Crippen molar-refractivity contribution in [2.45, 2.75) is 303 Å². The van der Waals surface area contributed by atoms with Crippen molar-refractivity contribution in [3.63, 3.8) is 0 Å². The van der Waals surface area contributed by atoms with Crippen LogP contribution in [-0.4, -0.2) is 96.7 Å². The number of ether oxygens (including phenoxy) is 4. The van der Waals surface area contributed by atoms with E-state index in [4.69, 9.17) is 37.0 Å². The van der Waals surface area contributed by atoms with Gasteiger partial charge in [-0.1, -0.05) is 273 Å². The molecule has 0 saturated carbocycles. The third-order valence-corrected chi connectivity index (χ3v) is 17.9. The van der Waals surface area contributed by atoms with Crippen LogP contribution in [0.3, 0.4) is 0 Å². The van der Waals surface area contributed by atoms with Gasteiger partial charge in [-0.15, -0.1) is 0 Å². The molecule has 17 nitrogen and oxygen atoms in total. The van der Waals surface area contributed by atoms with Crippen LogP contribution in [0.25, 0.3) is 0 Å². The Morgan fingerprint density at radius 1 is 0.269 bits per heavy atom. The van der Waals surface area contributed by atoms with Crippen LogP contribution < -0.4 is 0 Å². The summed E-state index contributed by atoms with van der Waals surface area (Å²) in [4.78, 5) is 73.1. The molecule has 0 aromatic heterocycles. The standard InChI is InChI=1S/C89H142O17P2/c1-5-9-13-17-21-25-29-33-36-39-41-44-47-51-54-58-62-66-70-74-87(92)100-80-85(106-89(94)76-72-68-64-60-56-52-48-45-42-40-37-34-30-26-22-18-14-10-6-2)82-104-108(97,98)102-78-83(90)77-101-107(95,96)103-81-84(105-88(93)75-71-67-63-59-55-49-32-28-24-20-16-12-8-4)79-99-86(91)73-69-65-61-57-53-50-46-43-38-35-31-27-23-19-15-11-7-3/h9-11,13-15,21-23,25-28,32-38,41-42,44-46,50-52,54,56-57,61,83-85,90H,5-8,12,16-20,24,29-31,39-40,43,47-49,53,55,58-60,62-82H2,1-4H3,(H,95,96)(H,97,98)/b13-9-,14-10-,15-11-,25-21-,26-22-,27-23-,32-28-,36-33-,37-34-,38-35-,44-41-,45-42-,50-46-,54-51-,56-52-,61-57-. The Hall–Kier alpha value is -6.10. The molecular formula is C89H142O17P2. The molecule has 0 rings (SSSR count). The number of carbonyl (C=O) groups is 4. The van der Waals surface area contributed by atoms with Crippen molar-refractivity contribution >= 4 is 39.5 Å². The van der Waals surface area contributed by atoms with E-state index in [-0.39, 0.29) is 25.7 Å². The number of aliphatic hydroxyl groups is 1. The van der Waals surface area contributed by atoms with E-state index in [1.807, 2.05) is 12.2 Å². The maximum absolute atomic E-state index is 13.1. The van der Waals surface area contributed by atoms with Crippen molar-refractivity contribution in [1.29, 1.82) is 0 Å². The van der Waals surface area contributed by atoms with Crippen molar-refractivity contribution < 1.29 is 80.2 Å². The minimum atomic E-state index is -5.01. The van der Waals surface area contributed by atoms with Gasteiger partial charge in [0.1, 0.15) is 19.3 Å². The molecular weight excluding hydrogens is 1400 g/mol. The molecule has 610 valence electrons. The van der Waals surface area contributed by atoms with Crippen LogP contribution in [0.5, 0.6) is 0 Å². The number of aliphatic hydroxyl groups excluding tert-OH is 1. The summed E-state index contributed by atoms with van der Waals surface area (Å²) >= 11 is 0. The van der Waals surface area contributed by atoms with E-state index in [1.165, 1.54) is 25.7 Å². The zero-order valence-corrected chi connectivity index (χ0v) is 68.5. The van der Waals surface area contributed by atoms with Crippen molar-refractivity contribution in [2.75, 3.05) is 39.6 Å². The quantitative estimate of drug-likeness (QED) is 0.0169. The normalized spacial score (nSPS) is 14.8. The maximum atomic E-state index is 13.1. The van der Waals surface area contributed by atoms with E-state index < -0.39 is 97.5 Å². The Labute approximate surface area is 653 Å². The van der Waals surface area contributed by atoms with E-state index in [0.29, 0.717) is 32.1 Å². The Kier molecular flexibility index (Phi) is 74.5. The average Bonchev–Trinajstić information content (AvgIpc) is 0.892. The number of hydrogen-bond donors (Lipinski definition) is 3. The van der Waals surface area contributed by atoms with Crippen LogP contribution in [-0.2, 0) is 65.4 Å². The van der Waals surface area contributed by atoms with Crippen LogP contribution >= 0.6 is 15.6 Å². The molecule has 5 atom stereocenters. The number of allylic oxidation sites excluding steroid dienone is 32. The van der Waals surface area contributed by atoms with Crippen LogP contribution in [0, 0.1) is 0 Å².